The van der Waals surface area contributed by atoms with E-state index in [9.17, 15) is 19.5 Å². The molecule has 0 aliphatic heterocycles. The minimum Gasteiger partial charge on any atom is -0.477 e. The van der Waals surface area contributed by atoms with E-state index in [1.165, 1.54) is 109 Å². The third-order valence-electron chi connectivity index (χ3n) is 11.0. The molecular weight excluding hydrogens is 751 g/mol. The number of unbranched alkanes of at least 4 members (excludes halogenated alkanes) is 22. The van der Waals surface area contributed by atoms with Gasteiger partial charge in [-0.2, -0.15) is 0 Å². The smallest absolute Gasteiger partial charge is 0.362 e. The van der Waals surface area contributed by atoms with Gasteiger partial charge in [-0.05, 0) is 51.4 Å². The standard InChI is InChI=1S/C52H93NO7/c1-6-8-10-12-14-16-18-20-22-24-25-26-27-29-31-33-35-37-39-41-43-51(55)60-48(46-58-45-44-49(52(56)57)53(3,4)5)47-59-50(54)42-40-38-36-34-32-30-28-23-21-19-17-15-13-11-9-7-2/h9,11,15,17,21,23,30,32,48-49H,6-8,10,12-14,16,18-20,22,24-29,31,33-47H2,1-5H3/p+1/b11-9+,17-15+,23-21+,32-30+. The van der Waals surface area contributed by atoms with Gasteiger partial charge in [0.05, 0.1) is 34.4 Å². The Morgan fingerprint density at radius 2 is 0.933 bits per heavy atom. The first-order valence-electron chi connectivity index (χ1n) is 24.7. The summed E-state index contributed by atoms with van der Waals surface area (Å²) in [5.41, 5.74) is 0. The monoisotopic (exact) mass is 845 g/mol. The molecule has 60 heavy (non-hydrogen) atoms. The van der Waals surface area contributed by atoms with Crippen molar-refractivity contribution in [2.75, 3.05) is 41.0 Å². The van der Waals surface area contributed by atoms with Gasteiger partial charge < -0.3 is 23.8 Å². The molecule has 8 heteroatoms. The summed E-state index contributed by atoms with van der Waals surface area (Å²) >= 11 is 0. The average molecular weight is 845 g/mol. The Morgan fingerprint density at radius 1 is 0.517 bits per heavy atom. The SMILES string of the molecule is CC/C=C/C/C=C/C/C=C/C/C=C/CCCCCC(=O)OCC(COCCC(C(=O)O)[N+](C)(C)C)OC(=O)CCCCCCCCCCCCCCCCCCCCCC. The molecule has 0 aromatic carbocycles. The van der Waals surface area contributed by atoms with Gasteiger partial charge in [0.15, 0.2) is 12.1 Å². The molecule has 0 spiro atoms. The van der Waals surface area contributed by atoms with E-state index < -0.39 is 18.1 Å². The summed E-state index contributed by atoms with van der Waals surface area (Å²) in [5.74, 6) is -1.50. The molecule has 0 fully saturated rings. The van der Waals surface area contributed by atoms with Crippen LogP contribution in [0.2, 0.25) is 0 Å². The third-order valence-corrected chi connectivity index (χ3v) is 11.0. The molecular formula is C52H94NO7+. The maximum absolute atomic E-state index is 12.8. The molecule has 348 valence electrons. The first-order chi connectivity index (χ1) is 29.1. The van der Waals surface area contributed by atoms with Gasteiger partial charge in [-0.3, -0.25) is 9.59 Å². The van der Waals surface area contributed by atoms with Gasteiger partial charge in [-0.1, -0.05) is 191 Å². The number of quaternary nitrogens is 1. The average Bonchev–Trinajstić information content (AvgIpc) is 3.21. The van der Waals surface area contributed by atoms with Crippen LogP contribution in [0.1, 0.15) is 213 Å². The van der Waals surface area contributed by atoms with Gasteiger partial charge in [-0.15, -0.1) is 0 Å². The summed E-state index contributed by atoms with van der Waals surface area (Å²) < 4.78 is 17.3. The molecule has 0 aliphatic carbocycles. The van der Waals surface area contributed by atoms with Crippen LogP contribution in [-0.2, 0) is 28.6 Å². The Hall–Kier alpha value is -2.71. The minimum absolute atomic E-state index is 0.0522. The van der Waals surface area contributed by atoms with Crippen molar-refractivity contribution in [2.24, 2.45) is 0 Å². The van der Waals surface area contributed by atoms with Crippen LogP contribution in [0.4, 0.5) is 0 Å². The van der Waals surface area contributed by atoms with Crippen LogP contribution in [0.15, 0.2) is 48.6 Å². The van der Waals surface area contributed by atoms with Gasteiger partial charge in [0.1, 0.15) is 6.61 Å². The fourth-order valence-corrected chi connectivity index (χ4v) is 7.20. The molecule has 2 atom stereocenters. The Morgan fingerprint density at radius 3 is 1.38 bits per heavy atom. The molecule has 0 amide bonds. The van der Waals surface area contributed by atoms with Crippen molar-refractivity contribution in [2.45, 2.75) is 225 Å². The van der Waals surface area contributed by atoms with Crippen LogP contribution in [0, 0.1) is 0 Å². The van der Waals surface area contributed by atoms with Crippen LogP contribution in [0.5, 0.6) is 0 Å². The number of hydrogen-bond acceptors (Lipinski definition) is 6. The number of carboxylic acid groups (broad SMARTS) is 1. The van der Waals surface area contributed by atoms with E-state index in [2.05, 4.69) is 62.5 Å². The fraction of sp³-hybridized carbons (Fsp3) is 0.788. The van der Waals surface area contributed by atoms with Crippen molar-refractivity contribution in [1.82, 2.24) is 0 Å². The highest BCUT2D eigenvalue weighted by Gasteiger charge is 2.31. The first kappa shape index (κ1) is 57.3. The highest BCUT2D eigenvalue weighted by atomic mass is 16.6. The second-order valence-electron chi connectivity index (χ2n) is 17.7. The number of allylic oxidation sites excluding steroid dienone is 8. The van der Waals surface area contributed by atoms with Crippen molar-refractivity contribution >= 4 is 17.9 Å². The van der Waals surface area contributed by atoms with Crippen molar-refractivity contribution in [3.05, 3.63) is 48.6 Å². The van der Waals surface area contributed by atoms with Gasteiger partial charge in [0.25, 0.3) is 0 Å². The van der Waals surface area contributed by atoms with Crippen molar-refractivity contribution in [3.8, 4) is 0 Å². The number of carbonyl (C=O) groups excluding carboxylic acids is 2. The predicted molar refractivity (Wildman–Crippen MR) is 252 cm³/mol. The highest BCUT2D eigenvalue weighted by Crippen LogP contribution is 2.16. The maximum atomic E-state index is 12.8. The van der Waals surface area contributed by atoms with Crippen LogP contribution in [0.25, 0.3) is 0 Å². The number of rotatable bonds is 44. The summed E-state index contributed by atoms with van der Waals surface area (Å²) in [6, 6.07) is -0.619. The molecule has 0 aliphatic rings. The van der Waals surface area contributed by atoms with E-state index in [1.807, 2.05) is 21.1 Å². The quantitative estimate of drug-likeness (QED) is 0.0282. The molecule has 0 bridgehead atoms. The predicted octanol–water partition coefficient (Wildman–Crippen LogP) is 14.0. The summed E-state index contributed by atoms with van der Waals surface area (Å²) in [6.07, 6.45) is 51.6. The van der Waals surface area contributed by atoms with Crippen LogP contribution < -0.4 is 0 Å². The van der Waals surface area contributed by atoms with Crippen LogP contribution in [-0.4, -0.2) is 80.6 Å². The lowest BCUT2D eigenvalue weighted by Crippen LogP contribution is -2.50. The van der Waals surface area contributed by atoms with E-state index in [0.717, 1.165) is 70.6 Å². The number of aliphatic carboxylic acids is 1. The highest BCUT2D eigenvalue weighted by molar-refractivity contribution is 5.72. The molecule has 1 N–H and O–H groups in total. The maximum Gasteiger partial charge on any atom is 0.362 e. The first-order valence-corrected chi connectivity index (χ1v) is 24.7. The topological polar surface area (TPSA) is 99.1 Å². The van der Waals surface area contributed by atoms with Crippen molar-refractivity contribution in [3.63, 3.8) is 0 Å². The Labute approximate surface area is 369 Å². The molecule has 0 saturated carbocycles. The van der Waals surface area contributed by atoms with Gasteiger partial charge in [0, 0.05) is 19.3 Å². The van der Waals surface area contributed by atoms with Gasteiger partial charge in [-0.25, -0.2) is 4.79 Å². The number of esters is 2. The van der Waals surface area contributed by atoms with E-state index in [1.54, 1.807) is 0 Å². The number of likely N-dealkylation sites (N-methyl/N-ethyl adjacent to an activating group) is 1. The lowest BCUT2D eigenvalue weighted by atomic mass is 10.0. The largest absolute Gasteiger partial charge is 0.477 e. The Bertz CT molecular complexity index is 1120. The summed E-state index contributed by atoms with van der Waals surface area (Å²) in [6.45, 7) is 4.61. The van der Waals surface area contributed by atoms with Gasteiger partial charge >= 0.3 is 17.9 Å². The number of nitrogens with zero attached hydrogens (tertiary/aromatic N) is 1. The lowest BCUT2D eigenvalue weighted by Gasteiger charge is -2.31. The molecule has 0 aromatic heterocycles. The minimum atomic E-state index is -0.878. The summed E-state index contributed by atoms with van der Waals surface area (Å²) in [5, 5.41) is 9.64. The van der Waals surface area contributed by atoms with Crippen molar-refractivity contribution < 1.29 is 38.2 Å². The van der Waals surface area contributed by atoms with E-state index >= 15 is 0 Å². The second kappa shape index (κ2) is 43.0. The zero-order valence-electron chi connectivity index (χ0n) is 39.7. The lowest BCUT2D eigenvalue weighted by molar-refractivity contribution is -0.887. The molecule has 8 nitrogen and oxygen atoms in total. The normalized spacial score (nSPS) is 13.3. The summed E-state index contributed by atoms with van der Waals surface area (Å²) in [4.78, 5) is 37.1. The Balaban J connectivity index is 4.29. The molecule has 0 saturated heterocycles. The van der Waals surface area contributed by atoms with E-state index in [0.29, 0.717) is 19.3 Å². The molecule has 0 rings (SSSR count). The summed E-state index contributed by atoms with van der Waals surface area (Å²) in [7, 11) is 5.52. The molecule has 0 heterocycles. The number of hydrogen-bond donors (Lipinski definition) is 1. The Kier molecular flexibility index (Phi) is 41.0. The third kappa shape index (κ3) is 40.7. The van der Waals surface area contributed by atoms with E-state index in [4.69, 9.17) is 14.2 Å². The van der Waals surface area contributed by atoms with Gasteiger partial charge in [0.2, 0.25) is 0 Å². The zero-order valence-corrected chi connectivity index (χ0v) is 39.7. The number of ether oxygens (including phenoxy) is 3. The number of carboxylic acids is 1. The molecule has 0 radical (unpaired) electrons. The van der Waals surface area contributed by atoms with Crippen molar-refractivity contribution in [1.29, 1.82) is 0 Å². The van der Waals surface area contributed by atoms with Crippen LogP contribution in [0.3, 0.4) is 0 Å². The van der Waals surface area contributed by atoms with Crippen LogP contribution >= 0.6 is 0 Å². The molecule has 2 unspecified atom stereocenters. The molecule has 0 aromatic rings. The second-order valence-corrected chi connectivity index (χ2v) is 17.7. The fourth-order valence-electron chi connectivity index (χ4n) is 7.20. The van der Waals surface area contributed by atoms with E-state index in [-0.39, 0.29) is 36.2 Å². The zero-order chi connectivity index (χ0) is 44.2. The number of carbonyl (C=O) groups is 3.